The largest absolute Gasteiger partial charge is 0.481 e. The van der Waals surface area contributed by atoms with Crippen LogP contribution >= 0.6 is 0 Å². The molecule has 1 aliphatic heterocycles. The van der Waals surface area contributed by atoms with Crippen molar-refractivity contribution in [3.63, 3.8) is 0 Å². The van der Waals surface area contributed by atoms with Gasteiger partial charge >= 0.3 is 10.4 Å². The maximum atomic E-state index is 8.95. The van der Waals surface area contributed by atoms with Gasteiger partial charge < -0.3 is 10.0 Å². The second-order valence-corrected chi connectivity index (χ2v) is 3.26. The first-order valence-corrected chi connectivity index (χ1v) is 5.03. The van der Waals surface area contributed by atoms with Gasteiger partial charge in [-0.25, -0.2) is 4.99 Å². The predicted octanol–water partition coefficient (Wildman–Crippen LogP) is -0.251. The summed E-state index contributed by atoms with van der Waals surface area (Å²) in [6.07, 6.45) is 1.75. The van der Waals surface area contributed by atoms with Crippen LogP contribution in [0.15, 0.2) is 17.6 Å². The van der Waals surface area contributed by atoms with E-state index in [1.165, 1.54) is 0 Å². The van der Waals surface area contributed by atoms with Gasteiger partial charge in [0.25, 0.3) is 6.02 Å². The molecule has 7 nitrogen and oxygen atoms in total. The molecule has 0 aromatic carbocycles. The highest BCUT2D eigenvalue weighted by Crippen LogP contribution is 1.97. The van der Waals surface area contributed by atoms with Crippen molar-refractivity contribution in [2.75, 3.05) is 19.6 Å². The van der Waals surface area contributed by atoms with Crippen molar-refractivity contribution in [3.05, 3.63) is 12.7 Å². The zero-order chi connectivity index (χ0) is 11.2. The SMILES string of the molecule is C=CCN1CCN=C1O.O=S(=O)(O)O. The number of aliphatic hydroxyl groups is 1. The molecule has 0 amide bonds. The molecule has 0 spiro atoms. The maximum Gasteiger partial charge on any atom is 0.394 e. The number of amidine groups is 1. The van der Waals surface area contributed by atoms with Crippen LogP contribution in [0, 0.1) is 0 Å². The minimum Gasteiger partial charge on any atom is -0.481 e. The highest BCUT2D eigenvalue weighted by molar-refractivity contribution is 7.79. The molecule has 14 heavy (non-hydrogen) atoms. The molecular formula is C6H12N2O5S. The molecular weight excluding hydrogens is 212 g/mol. The van der Waals surface area contributed by atoms with Gasteiger partial charge in [0, 0.05) is 13.1 Å². The lowest BCUT2D eigenvalue weighted by Gasteiger charge is -2.11. The van der Waals surface area contributed by atoms with Gasteiger partial charge in [-0.2, -0.15) is 8.42 Å². The van der Waals surface area contributed by atoms with Crippen LogP contribution in [0.2, 0.25) is 0 Å². The average Bonchev–Trinajstić information content (AvgIpc) is 2.34. The van der Waals surface area contributed by atoms with E-state index in [1.807, 2.05) is 0 Å². The molecule has 0 saturated heterocycles. The van der Waals surface area contributed by atoms with Gasteiger partial charge in [0.15, 0.2) is 0 Å². The molecule has 1 heterocycles. The lowest BCUT2D eigenvalue weighted by Crippen LogP contribution is -2.27. The standard InChI is InChI=1S/C6H10N2O.H2O4S/c1-2-4-8-5-3-7-6(8)9;1-5(2,3)4/h2H,1,3-5H2,(H,7,9);(H2,1,2,3,4). The van der Waals surface area contributed by atoms with E-state index < -0.39 is 10.4 Å². The van der Waals surface area contributed by atoms with Gasteiger partial charge in [-0.15, -0.1) is 6.58 Å². The van der Waals surface area contributed by atoms with Crippen molar-refractivity contribution in [2.24, 2.45) is 4.99 Å². The topological polar surface area (TPSA) is 110 Å². The molecule has 0 atom stereocenters. The lowest BCUT2D eigenvalue weighted by atomic mass is 10.5. The number of hydrogen-bond acceptors (Lipinski definition) is 4. The number of nitrogens with zero attached hydrogens (tertiary/aromatic N) is 2. The molecule has 0 fully saturated rings. The van der Waals surface area contributed by atoms with Gasteiger partial charge in [0.1, 0.15) is 0 Å². The van der Waals surface area contributed by atoms with Crippen molar-refractivity contribution in [2.45, 2.75) is 0 Å². The minimum atomic E-state index is -4.67. The van der Waals surface area contributed by atoms with Crippen LogP contribution in [-0.4, -0.2) is 53.2 Å². The van der Waals surface area contributed by atoms with E-state index in [9.17, 15) is 0 Å². The second-order valence-electron chi connectivity index (χ2n) is 2.36. The van der Waals surface area contributed by atoms with Crippen LogP contribution in [0.1, 0.15) is 0 Å². The number of aliphatic imine (C=N–C) groups is 1. The third-order valence-electron chi connectivity index (χ3n) is 1.26. The maximum absolute atomic E-state index is 8.95. The molecule has 8 heteroatoms. The quantitative estimate of drug-likeness (QED) is 0.440. The molecule has 0 aromatic heterocycles. The first-order chi connectivity index (χ1) is 6.34. The fraction of sp³-hybridized carbons (Fsp3) is 0.500. The number of rotatable bonds is 2. The Morgan fingerprint density at radius 1 is 1.57 bits per heavy atom. The Morgan fingerprint density at radius 3 is 2.36 bits per heavy atom. The van der Waals surface area contributed by atoms with Crippen LogP contribution in [0.4, 0.5) is 0 Å². The van der Waals surface area contributed by atoms with E-state index >= 15 is 0 Å². The van der Waals surface area contributed by atoms with Crippen LogP contribution in [0.25, 0.3) is 0 Å². The molecule has 0 saturated carbocycles. The Bertz CT molecular complexity index is 302. The summed E-state index contributed by atoms with van der Waals surface area (Å²) in [5.41, 5.74) is 0. The third-order valence-corrected chi connectivity index (χ3v) is 1.26. The van der Waals surface area contributed by atoms with Gasteiger partial charge in [0.2, 0.25) is 0 Å². The smallest absolute Gasteiger partial charge is 0.394 e. The first kappa shape index (κ1) is 12.9. The Morgan fingerprint density at radius 2 is 2.07 bits per heavy atom. The minimum absolute atomic E-state index is 0.148. The van der Waals surface area contributed by atoms with Crippen molar-refractivity contribution in [3.8, 4) is 0 Å². The first-order valence-electron chi connectivity index (χ1n) is 3.63. The average molecular weight is 224 g/mol. The summed E-state index contributed by atoms with van der Waals surface area (Å²) >= 11 is 0. The van der Waals surface area contributed by atoms with Gasteiger partial charge in [-0.3, -0.25) is 9.11 Å². The summed E-state index contributed by atoms with van der Waals surface area (Å²) in [5, 5.41) is 8.95. The van der Waals surface area contributed by atoms with E-state index in [2.05, 4.69) is 11.6 Å². The van der Waals surface area contributed by atoms with Crippen molar-refractivity contribution in [1.29, 1.82) is 0 Å². The molecule has 0 aliphatic carbocycles. The van der Waals surface area contributed by atoms with E-state index in [4.69, 9.17) is 22.6 Å². The lowest BCUT2D eigenvalue weighted by molar-refractivity contribution is 0.381. The summed E-state index contributed by atoms with van der Waals surface area (Å²) in [4.78, 5) is 5.56. The summed E-state index contributed by atoms with van der Waals surface area (Å²) in [6, 6.07) is 0.148. The molecule has 0 aromatic rings. The van der Waals surface area contributed by atoms with Gasteiger partial charge in [-0.1, -0.05) is 6.08 Å². The summed E-state index contributed by atoms with van der Waals surface area (Å²) in [5.74, 6) is 0. The van der Waals surface area contributed by atoms with Crippen molar-refractivity contribution >= 4 is 16.4 Å². The van der Waals surface area contributed by atoms with Gasteiger partial charge in [-0.05, 0) is 0 Å². The predicted molar refractivity (Wildman–Crippen MR) is 50.9 cm³/mol. The monoisotopic (exact) mass is 224 g/mol. The molecule has 0 radical (unpaired) electrons. The Balaban J connectivity index is 0.000000292. The fourth-order valence-corrected chi connectivity index (χ4v) is 0.799. The molecule has 1 aliphatic rings. The number of hydrogen-bond donors (Lipinski definition) is 3. The molecule has 3 N–H and O–H groups in total. The van der Waals surface area contributed by atoms with E-state index in [1.54, 1.807) is 11.0 Å². The van der Waals surface area contributed by atoms with E-state index in [0.717, 1.165) is 6.54 Å². The highest BCUT2D eigenvalue weighted by atomic mass is 32.3. The fourth-order valence-electron chi connectivity index (χ4n) is 0.799. The van der Waals surface area contributed by atoms with E-state index in [-0.39, 0.29) is 6.02 Å². The van der Waals surface area contributed by atoms with E-state index in [0.29, 0.717) is 13.1 Å². The van der Waals surface area contributed by atoms with Crippen LogP contribution in [-0.2, 0) is 10.4 Å². The van der Waals surface area contributed by atoms with Gasteiger partial charge in [0.05, 0.1) is 6.54 Å². The summed E-state index contributed by atoms with van der Waals surface area (Å²) in [6.45, 7) is 5.77. The Kier molecular flexibility index (Phi) is 5.13. The van der Waals surface area contributed by atoms with Crippen LogP contribution in [0.3, 0.4) is 0 Å². The summed E-state index contributed by atoms with van der Waals surface area (Å²) < 4.78 is 31.6. The molecule has 0 unspecified atom stereocenters. The third kappa shape index (κ3) is 7.53. The van der Waals surface area contributed by atoms with Crippen molar-refractivity contribution < 1.29 is 22.6 Å². The van der Waals surface area contributed by atoms with Crippen LogP contribution in [0.5, 0.6) is 0 Å². The zero-order valence-electron chi connectivity index (χ0n) is 7.37. The number of aliphatic hydroxyl groups excluding tert-OH is 1. The highest BCUT2D eigenvalue weighted by Gasteiger charge is 2.12. The second kappa shape index (κ2) is 5.58. The Labute approximate surface area is 82.0 Å². The van der Waals surface area contributed by atoms with Crippen molar-refractivity contribution in [1.82, 2.24) is 4.90 Å². The molecule has 0 bridgehead atoms. The Hall–Kier alpha value is -1.12. The normalized spacial score (nSPS) is 15.6. The van der Waals surface area contributed by atoms with Crippen LogP contribution < -0.4 is 0 Å². The zero-order valence-corrected chi connectivity index (χ0v) is 8.18. The molecule has 1 rings (SSSR count). The summed E-state index contributed by atoms with van der Waals surface area (Å²) in [7, 11) is -4.67. The molecule has 82 valence electrons.